The van der Waals surface area contributed by atoms with E-state index in [0.717, 1.165) is 28.1 Å². The van der Waals surface area contributed by atoms with Gasteiger partial charge in [-0.15, -0.1) is 0 Å². The van der Waals surface area contributed by atoms with Gasteiger partial charge < -0.3 is 16.0 Å². The summed E-state index contributed by atoms with van der Waals surface area (Å²) in [6.45, 7) is 6.90. The van der Waals surface area contributed by atoms with E-state index in [-0.39, 0.29) is 18.5 Å². The smallest absolute Gasteiger partial charge is 0.243 e. The van der Waals surface area contributed by atoms with Gasteiger partial charge in [0.1, 0.15) is 0 Å². The fourth-order valence-corrected chi connectivity index (χ4v) is 5.67. The van der Waals surface area contributed by atoms with Crippen molar-refractivity contribution in [2.45, 2.75) is 44.6 Å². The van der Waals surface area contributed by atoms with Crippen molar-refractivity contribution in [2.75, 3.05) is 37.7 Å². The summed E-state index contributed by atoms with van der Waals surface area (Å²) in [7, 11) is -1.70. The number of hydrogen-bond donors (Lipinski definition) is 2. The number of nitrogens with zero attached hydrogens (tertiary/aromatic N) is 2. The fourth-order valence-electron chi connectivity index (χ4n) is 4.18. The fraction of sp³-hybridized carbons (Fsp3) is 0.435. The van der Waals surface area contributed by atoms with Crippen LogP contribution in [-0.4, -0.2) is 56.3 Å². The summed E-state index contributed by atoms with van der Waals surface area (Å²) in [6.07, 6.45) is 1.23. The van der Waals surface area contributed by atoms with Crippen LogP contribution >= 0.6 is 0 Å². The molecule has 1 heterocycles. The first-order chi connectivity index (χ1) is 14.6. The predicted molar refractivity (Wildman–Crippen MR) is 125 cm³/mol. The van der Waals surface area contributed by atoms with Crippen LogP contribution in [0, 0.1) is 20.8 Å². The van der Waals surface area contributed by atoms with E-state index >= 15 is 0 Å². The molecule has 0 unspecified atom stereocenters. The zero-order valence-electron chi connectivity index (χ0n) is 18.7. The maximum Gasteiger partial charge on any atom is 0.243 e. The standard InChI is InChI=1S/C23H32N4O3S/c1-16-14-17(2)23(18(3)22(16)24)25-15-21(28)26(4)19-10-12-27(13-11-19)31(29,30)20-8-6-5-7-9-20/h5-9,14,19,25H,10-13,15,24H2,1-4H3. The van der Waals surface area contributed by atoms with E-state index in [2.05, 4.69) is 5.32 Å². The number of anilines is 2. The Morgan fingerprint density at radius 1 is 1.13 bits per heavy atom. The second-order valence-corrected chi connectivity index (χ2v) is 10.2. The van der Waals surface area contributed by atoms with Crippen LogP contribution in [0.25, 0.3) is 0 Å². The average molecular weight is 445 g/mol. The van der Waals surface area contributed by atoms with Crippen molar-refractivity contribution in [3.05, 3.63) is 53.1 Å². The molecule has 0 saturated carbocycles. The predicted octanol–water partition coefficient (Wildman–Crippen LogP) is 2.92. The third-order valence-corrected chi connectivity index (χ3v) is 8.11. The van der Waals surface area contributed by atoms with Crippen LogP contribution < -0.4 is 11.1 Å². The van der Waals surface area contributed by atoms with Crippen LogP contribution in [0.3, 0.4) is 0 Å². The summed E-state index contributed by atoms with van der Waals surface area (Å²) in [5.41, 5.74) is 10.8. The first kappa shape index (κ1) is 23.1. The van der Waals surface area contributed by atoms with Crippen LogP contribution in [0.15, 0.2) is 41.3 Å². The number of carbonyl (C=O) groups is 1. The Kier molecular flexibility index (Phi) is 6.91. The van der Waals surface area contributed by atoms with Gasteiger partial charge in [-0.1, -0.05) is 24.3 Å². The van der Waals surface area contributed by atoms with Gasteiger partial charge >= 0.3 is 0 Å². The lowest BCUT2D eigenvalue weighted by Crippen LogP contribution is -2.48. The van der Waals surface area contributed by atoms with Crippen molar-refractivity contribution in [2.24, 2.45) is 0 Å². The number of benzene rings is 2. The summed E-state index contributed by atoms with van der Waals surface area (Å²) < 4.78 is 27.1. The number of rotatable bonds is 6. The van der Waals surface area contributed by atoms with Crippen molar-refractivity contribution >= 4 is 27.3 Å². The molecule has 168 valence electrons. The van der Waals surface area contributed by atoms with E-state index in [4.69, 9.17) is 5.73 Å². The molecule has 0 spiro atoms. The molecule has 1 aliphatic rings. The lowest BCUT2D eigenvalue weighted by Gasteiger charge is -2.36. The number of nitrogen functional groups attached to an aromatic ring is 1. The number of sulfonamides is 1. The number of carbonyl (C=O) groups excluding carboxylic acids is 1. The number of nitrogens with one attached hydrogen (secondary N) is 1. The SMILES string of the molecule is Cc1cc(C)c(NCC(=O)N(C)C2CCN(S(=O)(=O)c3ccccc3)CC2)c(C)c1N. The third-order valence-electron chi connectivity index (χ3n) is 6.19. The number of hydrogen-bond acceptors (Lipinski definition) is 5. The summed E-state index contributed by atoms with van der Waals surface area (Å²) in [6, 6.07) is 10.5. The van der Waals surface area contributed by atoms with Crippen LogP contribution in [-0.2, 0) is 14.8 Å². The molecule has 3 N–H and O–H groups in total. The average Bonchev–Trinajstić information content (AvgIpc) is 2.77. The highest BCUT2D eigenvalue weighted by Gasteiger charge is 2.31. The van der Waals surface area contributed by atoms with Crippen molar-refractivity contribution in [3.63, 3.8) is 0 Å². The highest BCUT2D eigenvalue weighted by Crippen LogP contribution is 2.28. The first-order valence-corrected chi connectivity index (χ1v) is 12.0. The van der Waals surface area contributed by atoms with E-state index in [1.165, 1.54) is 4.31 Å². The topological polar surface area (TPSA) is 95.7 Å². The van der Waals surface area contributed by atoms with Gasteiger partial charge in [-0.05, 0) is 62.4 Å². The van der Waals surface area contributed by atoms with E-state index in [0.29, 0.717) is 30.8 Å². The molecule has 1 fully saturated rings. The molecule has 2 aromatic carbocycles. The van der Waals surface area contributed by atoms with Gasteiger partial charge in [-0.2, -0.15) is 4.31 Å². The molecule has 3 rings (SSSR count). The Morgan fingerprint density at radius 3 is 2.35 bits per heavy atom. The van der Waals surface area contributed by atoms with Crippen LogP contribution in [0.5, 0.6) is 0 Å². The first-order valence-electron chi connectivity index (χ1n) is 10.5. The molecule has 0 atom stereocenters. The molecular weight excluding hydrogens is 412 g/mol. The van der Waals surface area contributed by atoms with E-state index in [9.17, 15) is 13.2 Å². The van der Waals surface area contributed by atoms with Crippen molar-refractivity contribution in [3.8, 4) is 0 Å². The molecule has 2 aromatic rings. The Hall–Kier alpha value is -2.58. The van der Waals surface area contributed by atoms with Crippen molar-refractivity contribution in [1.29, 1.82) is 0 Å². The highest BCUT2D eigenvalue weighted by atomic mass is 32.2. The third kappa shape index (κ3) is 4.85. The number of aryl methyl sites for hydroxylation is 2. The summed E-state index contributed by atoms with van der Waals surface area (Å²) >= 11 is 0. The largest absolute Gasteiger partial charge is 0.398 e. The Morgan fingerprint density at radius 2 is 1.74 bits per heavy atom. The molecule has 7 nitrogen and oxygen atoms in total. The minimum Gasteiger partial charge on any atom is -0.398 e. The minimum atomic E-state index is -3.49. The second-order valence-electron chi connectivity index (χ2n) is 8.23. The van der Waals surface area contributed by atoms with Gasteiger partial charge in [-0.25, -0.2) is 8.42 Å². The Balaban J connectivity index is 1.58. The quantitative estimate of drug-likeness (QED) is 0.668. The van der Waals surface area contributed by atoms with Gasteiger partial charge in [0, 0.05) is 37.6 Å². The van der Waals surface area contributed by atoms with Crippen molar-refractivity contribution < 1.29 is 13.2 Å². The van der Waals surface area contributed by atoms with Crippen molar-refractivity contribution in [1.82, 2.24) is 9.21 Å². The van der Waals surface area contributed by atoms with E-state index in [1.54, 1.807) is 42.3 Å². The number of nitrogens with two attached hydrogens (primary N) is 1. The zero-order valence-corrected chi connectivity index (χ0v) is 19.5. The zero-order chi connectivity index (χ0) is 22.8. The highest BCUT2D eigenvalue weighted by molar-refractivity contribution is 7.89. The summed E-state index contributed by atoms with van der Waals surface area (Å²) in [5.74, 6) is -0.0256. The molecular formula is C23H32N4O3S. The molecule has 31 heavy (non-hydrogen) atoms. The van der Waals surface area contributed by atoms with E-state index in [1.807, 2.05) is 26.8 Å². The van der Waals surface area contributed by atoms with Gasteiger partial charge in [-0.3, -0.25) is 4.79 Å². The summed E-state index contributed by atoms with van der Waals surface area (Å²) in [5, 5.41) is 3.25. The maximum absolute atomic E-state index is 12.8. The molecule has 1 amide bonds. The van der Waals surface area contributed by atoms with Gasteiger partial charge in [0.15, 0.2) is 0 Å². The van der Waals surface area contributed by atoms with Gasteiger partial charge in [0.2, 0.25) is 15.9 Å². The lowest BCUT2D eigenvalue weighted by atomic mass is 10.0. The lowest BCUT2D eigenvalue weighted by molar-refractivity contribution is -0.130. The van der Waals surface area contributed by atoms with Gasteiger partial charge in [0.25, 0.3) is 0 Å². The van der Waals surface area contributed by atoms with Gasteiger partial charge in [0.05, 0.1) is 11.4 Å². The molecule has 0 bridgehead atoms. The summed E-state index contributed by atoms with van der Waals surface area (Å²) in [4.78, 5) is 14.8. The molecule has 1 saturated heterocycles. The maximum atomic E-state index is 12.8. The van der Waals surface area contributed by atoms with E-state index < -0.39 is 10.0 Å². The monoisotopic (exact) mass is 444 g/mol. The second kappa shape index (κ2) is 9.28. The Bertz CT molecular complexity index is 1050. The van der Waals surface area contributed by atoms with Crippen LogP contribution in [0.4, 0.5) is 11.4 Å². The normalized spacial score (nSPS) is 15.6. The molecule has 0 radical (unpaired) electrons. The molecule has 0 aromatic heterocycles. The molecule has 8 heteroatoms. The number of piperidine rings is 1. The molecule has 1 aliphatic heterocycles. The molecule has 0 aliphatic carbocycles. The number of likely N-dealkylation sites (N-methyl/N-ethyl adjacent to an activating group) is 1. The van der Waals surface area contributed by atoms with Crippen LogP contribution in [0.2, 0.25) is 0 Å². The van der Waals surface area contributed by atoms with Crippen LogP contribution in [0.1, 0.15) is 29.5 Å². The Labute approximate surface area is 185 Å². The minimum absolute atomic E-state index is 0.0156. The number of amides is 1.